The summed E-state index contributed by atoms with van der Waals surface area (Å²) < 4.78 is 3.07. The Bertz CT molecular complexity index is 612. The fourth-order valence-electron chi connectivity index (χ4n) is 3.67. The van der Waals surface area contributed by atoms with E-state index in [-0.39, 0.29) is 0 Å². The first kappa shape index (κ1) is 14.4. The Morgan fingerprint density at radius 1 is 1.14 bits per heavy atom. The van der Waals surface area contributed by atoms with E-state index in [1.807, 2.05) is 29.3 Å². The highest BCUT2D eigenvalue weighted by Crippen LogP contribution is 2.31. The summed E-state index contributed by atoms with van der Waals surface area (Å²) in [5.74, 6) is 0. The van der Waals surface area contributed by atoms with E-state index in [1.165, 1.54) is 25.2 Å². The van der Waals surface area contributed by atoms with Gasteiger partial charge in [-0.05, 0) is 40.5 Å². The van der Waals surface area contributed by atoms with Crippen LogP contribution in [0.3, 0.4) is 0 Å². The first-order chi connectivity index (χ1) is 10.8. The molecule has 0 spiro atoms. The van der Waals surface area contributed by atoms with Crippen LogP contribution in [-0.4, -0.2) is 56.3 Å². The normalized spacial score (nSPS) is 25.1. The van der Waals surface area contributed by atoms with Crippen molar-refractivity contribution in [2.45, 2.75) is 31.6 Å². The molecule has 2 aliphatic heterocycles. The third-order valence-electron chi connectivity index (χ3n) is 4.80. The summed E-state index contributed by atoms with van der Waals surface area (Å²) in [6.45, 7) is 5.42. The Morgan fingerprint density at radius 3 is 2.68 bits per heavy atom. The predicted octanol–water partition coefficient (Wildman–Crippen LogP) is 2.00. The van der Waals surface area contributed by atoms with E-state index >= 15 is 0 Å². The van der Waals surface area contributed by atoms with Crippen molar-refractivity contribution in [1.82, 2.24) is 24.6 Å². The lowest BCUT2D eigenvalue weighted by atomic mass is 10.2. The average molecular weight is 362 g/mol. The molecule has 2 aliphatic rings. The van der Waals surface area contributed by atoms with Crippen LogP contribution in [-0.2, 0) is 13.1 Å². The van der Waals surface area contributed by atoms with E-state index in [1.54, 1.807) is 0 Å². The minimum atomic E-state index is 0.688. The second kappa shape index (κ2) is 6.10. The molecule has 2 unspecified atom stereocenters. The van der Waals surface area contributed by atoms with Gasteiger partial charge in [0.05, 0.1) is 12.2 Å². The van der Waals surface area contributed by atoms with E-state index in [2.05, 4.69) is 47.9 Å². The fourth-order valence-corrected chi connectivity index (χ4v) is 3.91. The molecular weight excluding hydrogens is 342 g/mol. The Hall–Kier alpha value is -1.24. The molecule has 116 valence electrons. The lowest BCUT2D eigenvalue weighted by Crippen LogP contribution is -2.46. The monoisotopic (exact) mass is 361 g/mol. The number of hydrogen-bond acceptors (Lipinski definition) is 4. The quantitative estimate of drug-likeness (QED) is 0.816. The molecular formula is C16H20BrN5. The van der Waals surface area contributed by atoms with Gasteiger partial charge in [0.2, 0.25) is 0 Å². The zero-order valence-electron chi connectivity index (χ0n) is 12.5. The van der Waals surface area contributed by atoms with Crippen LogP contribution in [0.1, 0.15) is 12.1 Å². The van der Waals surface area contributed by atoms with Crippen LogP contribution in [0.2, 0.25) is 0 Å². The average Bonchev–Trinajstić information content (AvgIpc) is 3.23. The Morgan fingerprint density at radius 2 is 2.00 bits per heavy atom. The van der Waals surface area contributed by atoms with Crippen molar-refractivity contribution >= 4 is 15.9 Å². The van der Waals surface area contributed by atoms with Gasteiger partial charge in [0.15, 0.2) is 0 Å². The molecule has 4 heterocycles. The molecule has 0 N–H and O–H groups in total. The zero-order valence-corrected chi connectivity index (χ0v) is 14.1. The molecule has 5 nitrogen and oxygen atoms in total. The summed E-state index contributed by atoms with van der Waals surface area (Å²) in [6.07, 6.45) is 7.08. The van der Waals surface area contributed by atoms with Crippen LogP contribution < -0.4 is 0 Å². The predicted molar refractivity (Wildman–Crippen MR) is 88.3 cm³/mol. The van der Waals surface area contributed by atoms with Crippen LogP contribution in [0.5, 0.6) is 0 Å². The summed E-state index contributed by atoms with van der Waals surface area (Å²) in [5, 5.41) is 4.28. The standard InChI is InChI=1S/C16H20BrN5/c17-13-2-3-14(18-9-13)10-21-12-15-8-16(21)11-20(15)6-7-22-5-1-4-19-22/h1-5,9,15-16H,6-8,10-12H2. The molecule has 0 radical (unpaired) electrons. The Kier molecular flexibility index (Phi) is 3.98. The van der Waals surface area contributed by atoms with E-state index in [0.717, 1.165) is 24.1 Å². The van der Waals surface area contributed by atoms with Crippen molar-refractivity contribution in [3.63, 3.8) is 0 Å². The van der Waals surface area contributed by atoms with Crippen LogP contribution >= 0.6 is 15.9 Å². The van der Waals surface area contributed by atoms with E-state index in [4.69, 9.17) is 0 Å². The second-order valence-electron chi connectivity index (χ2n) is 6.20. The Labute approximate surface area is 139 Å². The van der Waals surface area contributed by atoms with E-state index < -0.39 is 0 Å². The number of rotatable bonds is 5. The lowest BCUT2D eigenvalue weighted by Gasteiger charge is -2.33. The number of likely N-dealkylation sites (tertiary alicyclic amines) is 2. The molecule has 0 aliphatic carbocycles. The smallest absolute Gasteiger partial charge is 0.0544 e. The maximum atomic E-state index is 4.50. The van der Waals surface area contributed by atoms with Crippen molar-refractivity contribution in [3.8, 4) is 0 Å². The van der Waals surface area contributed by atoms with Crippen molar-refractivity contribution in [1.29, 1.82) is 0 Å². The molecule has 4 rings (SSSR count). The van der Waals surface area contributed by atoms with E-state index in [9.17, 15) is 0 Å². The van der Waals surface area contributed by atoms with Crippen molar-refractivity contribution in [3.05, 3.63) is 47.0 Å². The Balaban J connectivity index is 1.31. The van der Waals surface area contributed by atoms with Gasteiger partial charge in [-0.25, -0.2) is 0 Å². The summed E-state index contributed by atoms with van der Waals surface area (Å²) in [6, 6.07) is 7.57. The molecule has 2 aromatic heterocycles. The minimum Gasteiger partial charge on any atom is -0.296 e. The summed E-state index contributed by atoms with van der Waals surface area (Å²) in [4.78, 5) is 9.71. The molecule has 0 amide bonds. The minimum absolute atomic E-state index is 0.688. The van der Waals surface area contributed by atoms with E-state index in [0.29, 0.717) is 12.1 Å². The first-order valence-corrected chi connectivity index (χ1v) is 8.63. The van der Waals surface area contributed by atoms with Gasteiger partial charge in [-0.2, -0.15) is 5.10 Å². The summed E-state index contributed by atoms with van der Waals surface area (Å²) >= 11 is 3.44. The molecule has 22 heavy (non-hydrogen) atoms. The molecule has 2 aromatic rings. The maximum Gasteiger partial charge on any atom is 0.0544 e. The van der Waals surface area contributed by atoms with Gasteiger partial charge >= 0.3 is 0 Å². The van der Waals surface area contributed by atoms with Gasteiger partial charge < -0.3 is 0 Å². The van der Waals surface area contributed by atoms with Gasteiger partial charge in [-0.3, -0.25) is 19.5 Å². The second-order valence-corrected chi connectivity index (χ2v) is 7.12. The molecule has 2 fully saturated rings. The highest BCUT2D eigenvalue weighted by Gasteiger charge is 2.42. The topological polar surface area (TPSA) is 37.2 Å². The maximum absolute atomic E-state index is 4.50. The number of halogens is 1. The van der Waals surface area contributed by atoms with Gasteiger partial charge in [-0.1, -0.05) is 0 Å². The number of pyridine rings is 1. The lowest BCUT2D eigenvalue weighted by molar-refractivity contribution is 0.118. The summed E-state index contributed by atoms with van der Waals surface area (Å²) in [7, 11) is 0. The number of aromatic nitrogens is 3. The highest BCUT2D eigenvalue weighted by atomic mass is 79.9. The molecule has 0 saturated carbocycles. The van der Waals surface area contributed by atoms with Crippen LogP contribution in [0.15, 0.2) is 41.3 Å². The third kappa shape index (κ3) is 2.95. The van der Waals surface area contributed by atoms with Gasteiger partial charge in [0, 0.05) is 61.3 Å². The number of nitrogens with zero attached hydrogens (tertiary/aromatic N) is 5. The number of fused-ring (bicyclic) bond motifs is 2. The van der Waals surface area contributed by atoms with Crippen molar-refractivity contribution in [2.75, 3.05) is 19.6 Å². The molecule has 2 atom stereocenters. The first-order valence-electron chi connectivity index (χ1n) is 7.84. The van der Waals surface area contributed by atoms with Crippen LogP contribution in [0.4, 0.5) is 0 Å². The number of piperazine rings is 1. The van der Waals surface area contributed by atoms with Crippen molar-refractivity contribution in [2.24, 2.45) is 0 Å². The molecule has 2 bridgehead atoms. The van der Waals surface area contributed by atoms with Crippen molar-refractivity contribution < 1.29 is 0 Å². The van der Waals surface area contributed by atoms with Crippen LogP contribution in [0, 0.1) is 0 Å². The SMILES string of the molecule is Brc1ccc(CN2CC3CC2CN3CCn2cccn2)nc1. The fraction of sp³-hybridized carbons (Fsp3) is 0.500. The highest BCUT2D eigenvalue weighted by molar-refractivity contribution is 9.10. The molecule has 2 saturated heterocycles. The molecule has 0 aromatic carbocycles. The van der Waals surface area contributed by atoms with Gasteiger partial charge in [0.1, 0.15) is 0 Å². The largest absolute Gasteiger partial charge is 0.296 e. The number of hydrogen-bond donors (Lipinski definition) is 0. The van der Waals surface area contributed by atoms with Gasteiger partial charge in [0.25, 0.3) is 0 Å². The van der Waals surface area contributed by atoms with Crippen LogP contribution in [0.25, 0.3) is 0 Å². The van der Waals surface area contributed by atoms with Gasteiger partial charge in [-0.15, -0.1) is 0 Å². The zero-order chi connectivity index (χ0) is 14.9. The summed E-state index contributed by atoms with van der Waals surface area (Å²) in [5.41, 5.74) is 1.17. The third-order valence-corrected chi connectivity index (χ3v) is 5.27. The molecule has 6 heteroatoms.